The maximum absolute atomic E-state index is 12.9. The van der Waals surface area contributed by atoms with E-state index in [0.29, 0.717) is 17.4 Å². The monoisotopic (exact) mass is 438 g/mol. The van der Waals surface area contributed by atoms with Crippen LogP contribution in [-0.2, 0) is 22.5 Å². The molecule has 0 radical (unpaired) electrons. The number of hydrogen-bond donors (Lipinski definition) is 1. The zero-order valence-corrected chi connectivity index (χ0v) is 19.1. The fourth-order valence-electron chi connectivity index (χ4n) is 3.66. The van der Waals surface area contributed by atoms with Crippen molar-refractivity contribution in [3.05, 3.63) is 39.9 Å². The zero-order chi connectivity index (χ0) is 23.5. The van der Waals surface area contributed by atoms with E-state index in [-0.39, 0.29) is 17.0 Å². The van der Waals surface area contributed by atoms with Gasteiger partial charge in [0.15, 0.2) is 6.10 Å². The number of benzene rings is 1. The van der Waals surface area contributed by atoms with E-state index >= 15 is 0 Å². The Morgan fingerprint density at radius 2 is 1.94 bits per heavy atom. The van der Waals surface area contributed by atoms with Crippen LogP contribution >= 0.6 is 0 Å². The summed E-state index contributed by atoms with van der Waals surface area (Å²) < 4.78 is 7.07. The van der Waals surface area contributed by atoms with Gasteiger partial charge in [0, 0.05) is 13.0 Å². The van der Waals surface area contributed by atoms with E-state index in [1.165, 1.54) is 19.1 Å². The molecule has 0 bridgehead atoms. The molecule has 1 aliphatic rings. The number of nitriles is 1. The second-order valence-corrected chi connectivity index (χ2v) is 8.89. The Balaban J connectivity index is 1.81. The van der Waals surface area contributed by atoms with Crippen molar-refractivity contribution in [1.82, 2.24) is 14.9 Å². The number of fused-ring (bicyclic) bond motifs is 2. The Bertz CT molecular complexity index is 1130. The largest absolute Gasteiger partial charge is 0.449 e. The van der Waals surface area contributed by atoms with Gasteiger partial charge >= 0.3 is 5.97 Å². The molecule has 32 heavy (non-hydrogen) atoms. The number of nitrogens with one attached hydrogen (secondary N) is 1. The van der Waals surface area contributed by atoms with E-state index in [9.17, 15) is 19.6 Å². The van der Waals surface area contributed by atoms with Gasteiger partial charge in [0.25, 0.3) is 11.5 Å². The molecule has 8 heteroatoms. The summed E-state index contributed by atoms with van der Waals surface area (Å²) in [5.74, 6) is -0.615. The van der Waals surface area contributed by atoms with Crippen molar-refractivity contribution in [2.75, 3.05) is 0 Å². The van der Waals surface area contributed by atoms with Gasteiger partial charge in [0.2, 0.25) is 0 Å². The minimum atomic E-state index is -1.08. The summed E-state index contributed by atoms with van der Waals surface area (Å²) >= 11 is 0. The Morgan fingerprint density at radius 1 is 1.22 bits per heavy atom. The Labute approximate surface area is 187 Å². The molecule has 0 aliphatic carbocycles. The lowest BCUT2D eigenvalue weighted by molar-refractivity contribution is -0.130. The lowest BCUT2D eigenvalue weighted by atomic mass is 9.90. The SMILES string of the molecule is CC(C)[C@@](C)(C#N)NC(=O)[C@@H](C)OC(=O)c1ccc2c(=O)n3c(nc2c1)CCCCCC3. The molecule has 3 rings (SSSR count). The summed E-state index contributed by atoms with van der Waals surface area (Å²) in [4.78, 5) is 42.7. The van der Waals surface area contributed by atoms with E-state index in [0.717, 1.165) is 37.9 Å². The lowest BCUT2D eigenvalue weighted by Gasteiger charge is -2.28. The first-order valence-electron chi connectivity index (χ1n) is 11.1. The topological polar surface area (TPSA) is 114 Å². The van der Waals surface area contributed by atoms with E-state index < -0.39 is 23.5 Å². The Kier molecular flexibility index (Phi) is 6.97. The molecule has 170 valence electrons. The summed E-state index contributed by atoms with van der Waals surface area (Å²) in [6, 6.07) is 6.74. The highest BCUT2D eigenvalue weighted by Crippen LogP contribution is 2.18. The van der Waals surface area contributed by atoms with Crippen LogP contribution in [0.2, 0.25) is 0 Å². The fourth-order valence-corrected chi connectivity index (χ4v) is 3.66. The van der Waals surface area contributed by atoms with Crippen LogP contribution < -0.4 is 10.9 Å². The maximum Gasteiger partial charge on any atom is 0.338 e. The second kappa shape index (κ2) is 9.51. The maximum atomic E-state index is 12.9. The Morgan fingerprint density at radius 3 is 2.62 bits per heavy atom. The number of carbonyl (C=O) groups excluding carboxylic acids is 2. The van der Waals surface area contributed by atoms with Crippen LogP contribution in [0.3, 0.4) is 0 Å². The van der Waals surface area contributed by atoms with Gasteiger partial charge in [-0.25, -0.2) is 9.78 Å². The summed E-state index contributed by atoms with van der Waals surface area (Å²) in [6.45, 7) is 7.40. The number of hydrogen-bond acceptors (Lipinski definition) is 6. The normalized spacial score (nSPS) is 16.8. The minimum Gasteiger partial charge on any atom is -0.449 e. The molecule has 0 saturated carbocycles. The van der Waals surface area contributed by atoms with Crippen LogP contribution in [-0.4, -0.2) is 33.1 Å². The summed E-state index contributed by atoms with van der Waals surface area (Å²) in [5.41, 5.74) is -0.496. The third-order valence-corrected chi connectivity index (χ3v) is 6.23. The van der Waals surface area contributed by atoms with E-state index in [1.54, 1.807) is 17.6 Å². The molecular weight excluding hydrogens is 408 g/mol. The summed E-state index contributed by atoms with van der Waals surface area (Å²) in [6.07, 6.45) is 3.78. The minimum absolute atomic E-state index is 0.0935. The smallest absolute Gasteiger partial charge is 0.338 e. The van der Waals surface area contributed by atoms with Crippen LogP contribution in [0.4, 0.5) is 0 Å². The first-order valence-corrected chi connectivity index (χ1v) is 11.1. The van der Waals surface area contributed by atoms with Crippen molar-refractivity contribution in [3.63, 3.8) is 0 Å². The van der Waals surface area contributed by atoms with Crippen molar-refractivity contribution >= 4 is 22.8 Å². The first-order chi connectivity index (χ1) is 15.2. The van der Waals surface area contributed by atoms with Gasteiger partial charge in [-0.1, -0.05) is 26.7 Å². The molecule has 2 atom stereocenters. The van der Waals surface area contributed by atoms with Crippen LogP contribution in [0.1, 0.15) is 69.6 Å². The molecule has 0 unspecified atom stereocenters. The van der Waals surface area contributed by atoms with Gasteiger partial charge in [-0.15, -0.1) is 0 Å². The number of esters is 1. The third kappa shape index (κ3) is 4.82. The average Bonchev–Trinajstić information content (AvgIpc) is 2.74. The molecule has 2 heterocycles. The van der Waals surface area contributed by atoms with Gasteiger partial charge in [0.05, 0.1) is 22.5 Å². The van der Waals surface area contributed by atoms with Gasteiger partial charge < -0.3 is 10.1 Å². The summed E-state index contributed by atoms with van der Waals surface area (Å²) in [7, 11) is 0. The van der Waals surface area contributed by atoms with E-state index in [2.05, 4.69) is 16.4 Å². The third-order valence-electron chi connectivity index (χ3n) is 6.23. The van der Waals surface area contributed by atoms with Crippen molar-refractivity contribution in [2.24, 2.45) is 5.92 Å². The highest BCUT2D eigenvalue weighted by atomic mass is 16.5. The van der Waals surface area contributed by atoms with Crippen LogP contribution in [0.25, 0.3) is 10.9 Å². The average molecular weight is 439 g/mol. The zero-order valence-electron chi connectivity index (χ0n) is 19.1. The van der Waals surface area contributed by atoms with Crippen molar-refractivity contribution in [3.8, 4) is 6.07 Å². The molecule has 8 nitrogen and oxygen atoms in total. The molecule has 1 aliphatic heterocycles. The van der Waals surface area contributed by atoms with Gasteiger partial charge in [-0.3, -0.25) is 14.2 Å². The lowest BCUT2D eigenvalue weighted by Crippen LogP contribution is -2.52. The van der Waals surface area contributed by atoms with Crippen LogP contribution in [0.5, 0.6) is 0 Å². The molecule has 0 spiro atoms. The van der Waals surface area contributed by atoms with Gasteiger partial charge in [-0.05, 0) is 50.8 Å². The number of rotatable bonds is 5. The standard InChI is InChI=1S/C24H30N4O4/c1-15(2)24(4,14-25)27-21(29)16(3)32-23(31)17-10-11-18-19(13-17)26-20-9-7-5-6-8-12-28(20)22(18)30/h10-11,13,15-16H,5-9,12H2,1-4H3,(H,27,29)/t16-,24-/m1/s1. The molecular formula is C24H30N4O4. The predicted molar refractivity (Wildman–Crippen MR) is 120 cm³/mol. The number of ether oxygens (including phenoxy) is 1. The van der Waals surface area contributed by atoms with Crippen LogP contribution in [0.15, 0.2) is 23.0 Å². The molecule has 1 aromatic carbocycles. The first kappa shape index (κ1) is 23.5. The number of amides is 1. The molecule has 1 N–H and O–H groups in total. The molecule has 2 aromatic rings. The predicted octanol–water partition coefficient (Wildman–Crippen LogP) is 3.11. The number of aryl methyl sites for hydroxylation is 1. The second-order valence-electron chi connectivity index (χ2n) is 8.89. The Hall–Kier alpha value is -3.21. The van der Waals surface area contributed by atoms with Crippen molar-refractivity contribution in [1.29, 1.82) is 5.26 Å². The molecule has 1 amide bonds. The van der Waals surface area contributed by atoms with Gasteiger partial charge in [-0.2, -0.15) is 5.26 Å². The number of aromatic nitrogens is 2. The quantitative estimate of drug-likeness (QED) is 0.718. The molecule has 0 saturated heterocycles. The highest BCUT2D eigenvalue weighted by Gasteiger charge is 2.32. The van der Waals surface area contributed by atoms with E-state index in [1.807, 2.05) is 13.8 Å². The number of carbonyl (C=O) groups is 2. The van der Waals surface area contributed by atoms with Crippen LogP contribution in [0, 0.1) is 17.2 Å². The highest BCUT2D eigenvalue weighted by molar-refractivity contribution is 5.95. The molecule has 0 fully saturated rings. The number of nitrogens with zero attached hydrogens (tertiary/aromatic N) is 3. The van der Waals surface area contributed by atoms with Crippen molar-refractivity contribution in [2.45, 2.75) is 78.0 Å². The van der Waals surface area contributed by atoms with E-state index in [4.69, 9.17) is 4.74 Å². The van der Waals surface area contributed by atoms with Gasteiger partial charge in [0.1, 0.15) is 11.4 Å². The fraction of sp³-hybridized carbons (Fsp3) is 0.542. The summed E-state index contributed by atoms with van der Waals surface area (Å²) in [5, 5.41) is 12.5. The molecule has 1 aromatic heterocycles. The van der Waals surface area contributed by atoms with Crippen molar-refractivity contribution < 1.29 is 14.3 Å².